The summed E-state index contributed by atoms with van der Waals surface area (Å²) in [6, 6.07) is 7.73. The highest BCUT2D eigenvalue weighted by Crippen LogP contribution is 2.21. The molecule has 9 nitrogen and oxygen atoms in total. The first-order chi connectivity index (χ1) is 14.8. The molecule has 9 heteroatoms. The molecular formula is C22H29N5O4. The Bertz CT molecular complexity index is 985. The number of piperazine rings is 2. The van der Waals surface area contributed by atoms with Crippen LogP contribution in [-0.4, -0.2) is 106 Å². The summed E-state index contributed by atoms with van der Waals surface area (Å²) in [5.74, 6) is -0.136. The molecule has 2 saturated heterocycles. The van der Waals surface area contributed by atoms with Gasteiger partial charge in [-0.2, -0.15) is 0 Å². The summed E-state index contributed by atoms with van der Waals surface area (Å²) >= 11 is 0. The summed E-state index contributed by atoms with van der Waals surface area (Å²) in [5.41, 5.74) is 1.88. The Hall–Kier alpha value is -3.07. The molecule has 0 aliphatic carbocycles. The number of aromatic nitrogens is 1. The van der Waals surface area contributed by atoms with Crippen LogP contribution in [0.3, 0.4) is 0 Å². The third-order valence-electron chi connectivity index (χ3n) is 6.27. The van der Waals surface area contributed by atoms with E-state index in [9.17, 15) is 14.4 Å². The fraction of sp³-hybridized carbons (Fsp3) is 0.500. The molecule has 166 valence electrons. The fourth-order valence-corrected chi connectivity index (χ4v) is 4.28. The molecule has 31 heavy (non-hydrogen) atoms. The van der Waals surface area contributed by atoms with Crippen molar-refractivity contribution in [3.63, 3.8) is 0 Å². The van der Waals surface area contributed by atoms with Crippen molar-refractivity contribution in [1.82, 2.24) is 24.6 Å². The molecule has 3 amide bonds. The molecule has 0 bridgehead atoms. The number of nitrogens with one attached hydrogen (secondary N) is 1. The van der Waals surface area contributed by atoms with Gasteiger partial charge in [0.15, 0.2) is 0 Å². The maximum Gasteiger partial charge on any atom is 0.407 e. The summed E-state index contributed by atoms with van der Waals surface area (Å²) in [4.78, 5) is 47.2. The van der Waals surface area contributed by atoms with E-state index in [1.54, 1.807) is 17.0 Å². The number of nitrogens with zero attached hydrogens (tertiary/aromatic N) is 4. The summed E-state index contributed by atoms with van der Waals surface area (Å²) < 4.78 is 0. The zero-order valence-electron chi connectivity index (χ0n) is 18.0. The summed E-state index contributed by atoms with van der Waals surface area (Å²) in [5, 5.41) is 9.88. The van der Waals surface area contributed by atoms with Gasteiger partial charge in [0.1, 0.15) is 5.69 Å². The van der Waals surface area contributed by atoms with Crippen molar-refractivity contribution in [2.75, 3.05) is 52.4 Å². The van der Waals surface area contributed by atoms with Gasteiger partial charge in [-0.15, -0.1) is 0 Å². The van der Waals surface area contributed by atoms with Crippen LogP contribution < -0.4 is 0 Å². The van der Waals surface area contributed by atoms with Gasteiger partial charge in [0.25, 0.3) is 11.8 Å². The predicted molar refractivity (Wildman–Crippen MR) is 116 cm³/mol. The van der Waals surface area contributed by atoms with E-state index < -0.39 is 6.09 Å². The number of carbonyl (C=O) groups is 3. The van der Waals surface area contributed by atoms with E-state index in [1.807, 2.05) is 17.0 Å². The Morgan fingerprint density at radius 2 is 1.42 bits per heavy atom. The van der Waals surface area contributed by atoms with E-state index in [2.05, 4.69) is 23.7 Å². The zero-order valence-corrected chi connectivity index (χ0v) is 18.0. The van der Waals surface area contributed by atoms with E-state index in [0.717, 1.165) is 24.0 Å². The van der Waals surface area contributed by atoms with Crippen LogP contribution in [0, 0.1) is 0 Å². The molecule has 2 aliphatic heterocycles. The third kappa shape index (κ3) is 4.36. The van der Waals surface area contributed by atoms with Crippen LogP contribution in [0.1, 0.15) is 34.7 Å². The Morgan fingerprint density at radius 3 is 2.03 bits per heavy atom. The van der Waals surface area contributed by atoms with Crippen LogP contribution in [0.2, 0.25) is 0 Å². The highest BCUT2D eigenvalue weighted by molar-refractivity contribution is 6.01. The lowest BCUT2D eigenvalue weighted by atomic mass is 10.1. The van der Waals surface area contributed by atoms with Gasteiger partial charge in [-0.25, -0.2) is 4.79 Å². The molecule has 3 heterocycles. The molecule has 0 spiro atoms. The second-order valence-corrected chi connectivity index (χ2v) is 8.47. The van der Waals surface area contributed by atoms with E-state index in [1.165, 1.54) is 4.90 Å². The van der Waals surface area contributed by atoms with Gasteiger partial charge in [-0.1, -0.05) is 0 Å². The number of rotatable bonds is 3. The average molecular weight is 428 g/mol. The molecule has 0 saturated carbocycles. The minimum Gasteiger partial charge on any atom is -0.465 e. The van der Waals surface area contributed by atoms with Crippen molar-refractivity contribution >= 4 is 28.8 Å². The van der Waals surface area contributed by atoms with Crippen LogP contribution in [0.5, 0.6) is 0 Å². The monoisotopic (exact) mass is 427 g/mol. The summed E-state index contributed by atoms with van der Waals surface area (Å²) in [6.07, 6.45) is -0.958. The molecule has 0 atom stereocenters. The van der Waals surface area contributed by atoms with E-state index >= 15 is 0 Å². The maximum absolute atomic E-state index is 13.0. The topological polar surface area (TPSA) is 100 Å². The molecule has 2 aliphatic rings. The molecule has 1 aromatic heterocycles. The minimum atomic E-state index is -0.958. The first kappa shape index (κ1) is 21.2. The number of fused-ring (bicyclic) bond motifs is 1. The second-order valence-electron chi connectivity index (χ2n) is 8.47. The fourth-order valence-electron chi connectivity index (χ4n) is 4.28. The third-order valence-corrected chi connectivity index (χ3v) is 6.27. The van der Waals surface area contributed by atoms with Crippen LogP contribution >= 0.6 is 0 Å². The lowest BCUT2D eigenvalue weighted by Gasteiger charge is -2.37. The standard InChI is InChI=1S/C22H29N5O4/c1-15(2)24-5-7-25(8-6-24)20(28)16-3-4-18-17(13-16)14-19(23-18)21(29)26-9-11-27(12-10-26)22(30)31/h3-4,13-15,23H,5-12H2,1-2H3,(H,30,31). The maximum atomic E-state index is 13.0. The lowest BCUT2D eigenvalue weighted by molar-refractivity contribution is 0.0595. The molecule has 2 N–H and O–H groups in total. The van der Waals surface area contributed by atoms with Crippen molar-refractivity contribution < 1.29 is 19.5 Å². The summed E-state index contributed by atoms with van der Waals surface area (Å²) in [6.45, 7) is 8.88. The molecule has 1 aromatic carbocycles. The molecule has 2 aromatic rings. The molecule has 0 radical (unpaired) electrons. The van der Waals surface area contributed by atoms with Gasteiger partial charge >= 0.3 is 6.09 Å². The number of carbonyl (C=O) groups excluding carboxylic acids is 2. The SMILES string of the molecule is CC(C)N1CCN(C(=O)c2ccc3[nH]c(C(=O)N4CCN(C(=O)O)CC4)cc3c2)CC1. The van der Waals surface area contributed by atoms with Crippen molar-refractivity contribution in [2.45, 2.75) is 19.9 Å². The van der Waals surface area contributed by atoms with E-state index in [-0.39, 0.29) is 11.8 Å². The van der Waals surface area contributed by atoms with Crippen LogP contribution in [0.4, 0.5) is 4.79 Å². The highest BCUT2D eigenvalue weighted by atomic mass is 16.4. The normalized spacial score (nSPS) is 18.1. The van der Waals surface area contributed by atoms with E-state index in [0.29, 0.717) is 56.6 Å². The van der Waals surface area contributed by atoms with Crippen molar-refractivity contribution in [3.8, 4) is 0 Å². The Labute approximate surface area is 181 Å². The second kappa shape index (κ2) is 8.58. The Kier molecular flexibility index (Phi) is 5.86. The van der Waals surface area contributed by atoms with Gasteiger partial charge in [-0.3, -0.25) is 14.5 Å². The van der Waals surface area contributed by atoms with Crippen LogP contribution in [-0.2, 0) is 0 Å². The molecular weight excluding hydrogens is 398 g/mol. The van der Waals surface area contributed by atoms with Crippen LogP contribution in [0.15, 0.2) is 24.3 Å². The molecule has 0 unspecified atom stereocenters. The first-order valence-electron chi connectivity index (χ1n) is 10.8. The number of H-pyrrole nitrogens is 1. The molecule has 2 fully saturated rings. The van der Waals surface area contributed by atoms with Crippen molar-refractivity contribution in [1.29, 1.82) is 0 Å². The first-order valence-corrected chi connectivity index (χ1v) is 10.8. The van der Waals surface area contributed by atoms with Gasteiger partial charge < -0.3 is 24.8 Å². The number of carboxylic acid groups (broad SMARTS) is 1. The Morgan fingerprint density at radius 1 is 0.839 bits per heavy atom. The number of hydrogen-bond acceptors (Lipinski definition) is 4. The lowest BCUT2D eigenvalue weighted by Crippen LogP contribution is -2.50. The van der Waals surface area contributed by atoms with Gasteiger partial charge in [-0.05, 0) is 38.1 Å². The number of aromatic amines is 1. The number of amides is 3. The molecule has 4 rings (SSSR count). The average Bonchev–Trinajstić information content (AvgIpc) is 3.21. The van der Waals surface area contributed by atoms with Gasteiger partial charge in [0, 0.05) is 74.9 Å². The van der Waals surface area contributed by atoms with E-state index in [4.69, 9.17) is 5.11 Å². The summed E-state index contributed by atoms with van der Waals surface area (Å²) in [7, 11) is 0. The van der Waals surface area contributed by atoms with Gasteiger partial charge in [0.05, 0.1) is 0 Å². The number of benzene rings is 1. The van der Waals surface area contributed by atoms with Crippen LogP contribution in [0.25, 0.3) is 10.9 Å². The predicted octanol–water partition coefficient (Wildman–Crippen LogP) is 1.77. The quantitative estimate of drug-likeness (QED) is 0.778. The highest BCUT2D eigenvalue weighted by Gasteiger charge is 2.26. The van der Waals surface area contributed by atoms with Crippen molar-refractivity contribution in [2.24, 2.45) is 0 Å². The van der Waals surface area contributed by atoms with Crippen molar-refractivity contribution in [3.05, 3.63) is 35.5 Å². The van der Waals surface area contributed by atoms with Gasteiger partial charge in [0.2, 0.25) is 0 Å². The number of hydrogen-bond donors (Lipinski definition) is 2. The largest absolute Gasteiger partial charge is 0.465 e. The smallest absolute Gasteiger partial charge is 0.407 e. The Balaban J connectivity index is 1.44. The zero-order chi connectivity index (χ0) is 22.1. The minimum absolute atomic E-state index is 0.0178.